The molecule has 4 heterocycles. The van der Waals surface area contributed by atoms with E-state index >= 15 is 4.39 Å². The first-order valence-corrected chi connectivity index (χ1v) is 9.76. The largest absolute Gasteiger partial charge is 0.378 e. The Balaban J connectivity index is 1.51. The van der Waals surface area contributed by atoms with Crippen LogP contribution < -0.4 is 0 Å². The summed E-state index contributed by atoms with van der Waals surface area (Å²) in [5.74, 6) is -0.543. The van der Waals surface area contributed by atoms with Crippen molar-refractivity contribution in [2.45, 2.75) is 0 Å². The van der Waals surface area contributed by atoms with Gasteiger partial charge in [0.05, 0.1) is 13.2 Å². The second kappa shape index (κ2) is 7.68. The molecule has 1 fully saturated rings. The molecule has 0 atom stereocenters. The minimum atomic E-state index is -0.377. The molecule has 1 aliphatic heterocycles. The van der Waals surface area contributed by atoms with E-state index in [-0.39, 0.29) is 11.7 Å². The second-order valence-electron chi connectivity index (χ2n) is 7.14. The third-order valence-corrected chi connectivity index (χ3v) is 5.30. The molecule has 0 aliphatic carbocycles. The van der Waals surface area contributed by atoms with Crippen molar-refractivity contribution in [2.75, 3.05) is 26.3 Å². The summed E-state index contributed by atoms with van der Waals surface area (Å²) in [6.07, 6.45) is 5.03. The maximum Gasteiger partial charge on any atom is 0.273 e. The number of morpholine rings is 1. The number of nitrogens with one attached hydrogen (secondary N) is 1. The number of benzene rings is 1. The van der Waals surface area contributed by atoms with Crippen molar-refractivity contribution >= 4 is 16.9 Å². The molecule has 0 bridgehead atoms. The van der Waals surface area contributed by atoms with Crippen LogP contribution in [0.3, 0.4) is 0 Å². The summed E-state index contributed by atoms with van der Waals surface area (Å²) in [5, 5.41) is 0.918. The Morgan fingerprint density at radius 1 is 1.03 bits per heavy atom. The molecule has 1 aliphatic rings. The van der Waals surface area contributed by atoms with E-state index in [0.717, 1.165) is 11.0 Å². The molecule has 3 aromatic heterocycles. The number of hydrogen-bond acceptors (Lipinski definition) is 4. The average Bonchev–Trinajstić information content (AvgIpc) is 3.27. The quantitative estimate of drug-likeness (QED) is 0.564. The second-order valence-corrected chi connectivity index (χ2v) is 7.14. The molecule has 1 aromatic carbocycles. The van der Waals surface area contributed by atoms with Crippen LogP contribution in [0.4, 0.5) is 4.39 Å². The summed E-state index contributed by atoms with van der Waals surface area (Å²) in [7, 11) is 0. The average molecular weight is 402 g/mol. The zero-order valence-corrected chi connectivity index (χ0v) is 16.1. The fourth-order valence-electron chi connectivity index (χ4n) is 3.73. The summed E-state index contributed by atoms with van der Waals surface area (Å²) in [6.45, 7) is 2.07. The number of halogens is 1. The molecule has 1 N–H and O–H groups in total. The topological polar surface area (TPSA) is 71.1 Å². The first-order chi connectivity index (χ1) is 14.7. The molecule has 0 unspecified atom stereocenters. The number of aromatic nitrogens is 3. The molecule has 7 heteroatoms. The maximum atomic E-state index is 15.1. The van der Waals surface area contributed by atoms with Gasteiger partial charge in [0.25, 0.3) is 5.91 Å². The lowest BCUT2D eigenvalue weighted by Crippen LogP contribution is -2.41. The van der Waals surface area contributed by atoms with E-state index in [0.29, 0.717) is 54.3 Å². The van der Waals surface area contributed by atoms with Gasteiger partial charge in [-0.2, -0.15) is 0 Å². The standard InChI is InChI=1S/C23H19FN4O2/c24-20-13-15(3-4-18(20)17-12-16-5-7-26-22(16)27-14-17)19-2-1-6-25-21(19)23(29)28-8-10-30-11-9-28/h1-7,12-14H,8-11H2,(H,26,27). The summed E-state index contributed by atoms with van der Waals surface area (Å²) in [5.41, 5.74) is 3.45. The van der Waals surface area contributed by atoms with E-state index < -0.39 is 0 Å². The Bertz CT molecular complexity index is 1230. The van der Waals surface area contributed by atoms with Crippen LogP contribution in [0.25, 0.3) is 33.3 Å². The highest BCUT2D eigenvalue weighted by Gasteiger charge is 2.23. The summed E-state index contributed by atoms with van der Waals surface area (Å²) < 4.78 is 20.4. The molecular weight excluding hydrogens is 383 g/mol. The third kappa shape index (κ3) is 3.33. The van der Waals surface area contributed by atoms with Gasteiger partial charge in [-0.25, -0.2) is 9.37 Å². The van der Waals surface area contributed by atoms with Crippen LogP contribution >= 0.6 is 0 Å². The maximum absolute atomic E-state index is 15.1. The summed E-state index contributed by atoms with van der Waals surface area (Å²) in [6, 6.07) is 12.3. The van der Waals surface area contributed by atoms with Gasteiger partial charge in [0.2, 0.25) is 0 Å². The van der Waals surface area contributed by atoms with Crippen molar-refractivity contribution in [3.8, 4) is 22.3 Å². The van der Waals surface area contributed by atoms with Crippen LogP contribution in [-0.2, 0) is 4.74 Å². The van der Waals surface area contributed by atoms with Crippen molar-refractivity contribution in [1.82, 2.24) is 19.9 Å². The minimum absolute atomic E-state index is 0.166. The number of hydrogen-bond donors (Lipinski definition) is 1. The number of carbonyl (C=O) groups excluding carboxylic acids is 1. The minimum Gasteiger partial charge on any atom is -0.378 e. The number of ether oxygens (including phenoxy) is 1. The van der Waals surface area contributed by atoms with Crippen LogP contribution in [0, 0.1) is 5.82 Å². The molecule has 0 radical (unpaired) electrons. The number of aromatic amines is 1. The van der Waals surface area contributed by atoms with Gasteiger partial charge in [-0.05, 0) is 29.8 Å². The Labute approximate surface area is 172 Å². The third-order valence-electron chi connectivity index (χ3n) is 5.30. The number of carbonyl (C=O) groups is 1. The van der Waals surface area contributed by atoms with Crippen molar-refractivity contribution < 1.29 is 13.9 Å². The van der Waals surface area contributed by atoms with E-state index in [1.165, 1.54) is 6.07 Å². The zero-order chi connectivity index (χ0) is 20.5. The first kappa shape index (κ1) is 18.4. The Morgan fingerprint density at radius 3 is 2.73 bits per heavy atom. The molecule has 0 saturated carbocycles. The Hall–Kier alpha value is -3.58. The van der Waals surface area contributed by atoms with Crippen molar-refractivity contribution in [3.05, 3.63) is 72.6 Å². The van der Waals surface area contributed by atoms with E-state index in [9.17, 15) is 4.79 Å². The van der Waals surface area contributed by atoms with Gasteiger partial charge in [-0.15, -0.1) is 0 Å². The highest BCUT2D eigenvalue weighted by atomic mass is 19.1. The Kier molecular flexibility index (Phi) is 4.72. The highest BCUT2D eigenvalue weighted by Crippen LogP contribution is 2.30. The van der Waals surface area contributed by atoms with Crippen molar-refractivity contribution in [1.29, 1.82) is 0 Å². The molecule has 6 nitrogen and oxygen atoms in total. The molecule has 1 saturated heterocycles. The van der Waals surface area contributed by atoms with Crippen molar-refractivity contribution in [3.63, 3.8) is 0 Å². The molecule has 4 aromatic rings. The summed E-state index contributed by atoms with van der Waals surface area (Å²) in [4.78, 5) is 26.4. The fourth-order valence-corrected chi connectivity index (χ4v) is 3.73. The van der Waals surface area contributed by atoms with Crippen LogP contribution in [0.15, 0.2) is 61.1 Å². The van der Waals surface area contributed by atoms with E-state index in [1.807, 2.05) is 18.2 Å². The lowest BCUT2D eigenvalue weighted by molar-refractivity contribution is 0.0299. The van der Waals surface area contributed by atoms with Gasteiger partial charge in [-0.3, -0.25) is 9.78 Å². The normalized spacial score (nSPS) is 14.2. The van der Waals surface area contributed by atoms with Gasteiger partial charge in [0, 0.05) is 53.8 Å². The van der Waals surface area contributed by atoms with E-state index in [2.05, 4.69) is 15.0 Å². The zero-order valence-electron chi connectivity index (χ0n) is 16.1. The first-order valence-electron chi connectivity index (χ1n) is 9.76. The monoisotopic (exact) mass is 402 g/mol. The van der Waals surface area contributed by atoms with Gasteiger partial charge < -0.3 is 14.6 Å². The van der Waals surface area contributed by atoms with Crippen molar-refractivity contribution in [2.24, 2.45) is 0 Å². The van der Waals surface area contributed by atoms with Gasteiger partial charge in [0.15, 0.2) is 0 Å². The molecule has 150 valence electrons. The number of H-pyrrole nitrogens is 1. The number of pyridine rings is 2. The number of rotatable bonds is 3. The molecular formula is C23H19FN4O2. The molecule has 0 spiro atoms. The number of amides is 1. The lowest BCUT2D eigenvalue weighted by Gasteiger charge is -2.27. The summed E-state index contributed by atoms with van der Waals surface area (Å²) >= 11 is 0. The van der Waals surface area contributed by atoms with Crippen LogP contribution in [-0.4, -0.2) is 52.1 Å². The smallest absolute Gasteiger partial charge is 0.273 e. The van der Waals surface area contributed by atoms with E-state index in [1.54, 1.807) is 41.7 Å². The molecule has 5 rings (SSSR count). The molecule has 1 amide bonds. The Morgan fingerprint density at radius 2 is 1.90 bits per heavy atom. The fraction of sp³-hybridized carbons (Fsp3) is 0.174. The number of nitrogens with zero attached hydrogens (tertiary/aromatic N) is 3. The number of fused-ring (bicyclic) bond motifs is 1. The van der Waals surface area contributed by atoms with Gasteiger partial charge >= 0.3 is 0 Å². The van der Waals surface area contributed by atoms with E-state index in [4.69, 9.17) is 4.74 Å². The highest BCUT2D eigenvalue weighted by molar-refractivity contribution is 5.99. The van der Waals surface area contributed by atoms with Crippen LogP contribution in [0.1, 0.15) is 10.5 Å². The predicted octanol–water partition coefficient (Wildman–Crippen LogP) is 3.90. The SMILES string of the molecule is O=C(c1ncccc1-c1ccc(-c2cnc3[nH]ccc3c2)c(F)c1)N1CCOCC1. The predicted molar refractivity (Wildman–Crippen MR) is 111 cm³/mol. The van der Waals surface area contributed by atoms with Crippen LogP contribution in [0.2, 0.25) is 0 Å². The van der Waals surface area contributed by atoms with Gasteiger partial charge in [-0.1, -0.05) is 18.2 Å². The van der Waals surface area contributed by atoms with Crippen LogP contribution in [0.5, 0.6) is 0 Å². The molecule has 30 heavy (non-hydrogen) atoms. The van der Waals surface area contributed by atoms with Gasteiger partial charge in [0.1, 0.15) is 17.2 Å². The lowest BCUT2D eigenvalue weighted by atomic mass is 9.98.